The van der Waals surface area contributed by atoms with Crippen LogP contribution >= 0.6 is 0 Å². The van der Waals surface area contributed by atoms with E-state index >= 15 is 0 Å². The zero-order valence-corrected chi connectivity index (χ0v) is 11.5. The van der Waals surface area contributed by atoms with Crippen LogP contribution in [0.5, 0.6) is 0 Å². The molecule has 0 aliphatic carbocycles. The van der Waals surface area contributed by atoms with Crippen LogP contribution in [0.25, 0.3) is 0 Å². The van der Waals surface area contributed by atoms with Crippen molar-refractivity contribution in [1.82, 2.24) is 9.80 Å². The molecule has 8 heteroatoms. The number of rotatable bonds is 3. The Morgan fingerprint density at radius 1 is 1.05 bits per heavy atom. The Morgan fingerprint density at radius 3 is 1.95 bits per heavy atom. The van der Waals surface area contributed by atoms with Crippen molar-refractivity contribution in [3.05, 3.63) is 39.9 Å². The van der Waals surface area contributed by atoms with E-state index in [0.717, 1.165) is 9.80 Å². The van der Waals surface area contributed by atoms with Crippen LogP contribution in [0.3, 0.4) is 0 Å². The Labute approximate surface area is 120 Å². The molecule has 0 atom stereocenters. The fourth-order valence-electron chi connectivity index (χ4n) is 2.15. The summed E-state index contributed by atoms with van der Waals surface area (Å²) < 4.78 is 0. The number of barbiturate groups is 1. The molecule has 1 fully saturated rings. The molecule has 0 unspecified atom stereocenters. The van der Waals surface area contributed by atoms with Crippen molar-refractivity contribution in [1.29, 1.82) is 0 Å². The summed E-state index contributed by atoms with van der Waals surface area (Å²) in [5.41, 5.74) is 0.549. The molecule has 0 bridgehead atoms. The van der Waals surface area contributed by atoms with Crippen LogP contribution in [0.4, 0.5) is 10.5 Å². The molecule has 1 aromatic carbocycles. The summed E-state index contributed by atoms with van der Waals surface area (Å²) in [6.07, 6.45) is 0.0949. The molecule has 1 aliphatic heterocycles. The van der Waals surface area contributed by atoms with Gasteiger partial charge in [0.05, 0.1) is 4.92 Å². The Kier molecular flexibility index (Phi) is 3.70. The Hall–Kier alpha value is -2.77. The molecule has 0 radical (unpaired) electrons. The lowest BCUT2D eigenvalue weighted by Crippen LogP contribution is -2.57. The van der Waals surface area contributed by atoms with Gasteiger partial charge in [-0.25, -0.2) is 4.79 Å². The van der Waals surface area contributed by atoms with Gasteiger partial charge in [-0.05, 0) is 12.0 Å². The molecule has 2 rings (SSSR count). The Balaban J connectivity index is 2.21. The minimum absolute atomic E-state index is 0.0653. The van der Waals surface area contributed by atoms with E-state index < -0.39 is 28.7 Å². The molecule has 21 heavy (non-hydrogen) atoms. The topological polar surface area (TPSA) is 101 Å². The lowest BCUT2D eigenvalue weighted by Gasteiger charge is -2.32. The molecular weight excluding hydrogens is 278 g/mol. The highest BCUT2D eigenvalue weighted by Crippen LogP contribution is 2.21. The summed E-state index contributed by atoms with van der Waals surface area (Å²) in [6, 6.07) is 4.95. The van der Waals surface area contributed by atoms with Crippen LogP contribution in [0.2, 0.25) is 0 Å². The van der Waals surface area contributed by atoms with Crippen LogP contribution in [0.15, 0.2) is 24.3 Å². The van der Waals surface area contributed by atoms with Crippen molar-refractivity contribution in [2.45, 2.75) is 6.42 Å². The molecule has 1 heterocycles. The fraction of sp³-hybridized carbons (Fsp3) is 0.308. The number of nitro benzene ring substituents is 1. The first kappa shape index (κ1) is 14.6. The third kappa shape index (κ3) is 2.60. The number of imide groups is 2. The SMILES string of the molecule is CN1C(=O)C(Cc2ccc([N+](=O)[O-])cc2)C(=O)N(C)C1=O. The first-order chi connectivity index (χ1) is 9.82. The molecular formula is C13H13N3O5. The fourth-order valence-corrected chi connectivity index (χ4v) is 2.15. The van der Waals surface area contributed by atoms with Gasteiger partial charge in [0.15, 0.2) is 0 Å². The van der Waals surface area contributed by atoms with E-state index in [4.69, 9.17) is 0 Å². The maximum absolute atomic E-state index is 12.0. The molecule has 4 amide bonds. The zero-order chi connectivity index (χ0) is 15.7. The molecule has 8 nitrogen and oxygen atoms in total. The van der Waals surface area contributed by atoms with E-state index in [0.29, 0.717) is 5.56 Å². The average molecular weight is 291 g/mol. The van der Waals surface area contributed by atoms with Gasteiger partial charge in [0.2, 0.25) is 11.8 Å². The van der Waals surface area contributed by atoms with Gasteiger partial charge in [0, 0.05) is 26.2 Å². The number of nitro groups is 1. The van der Waals surface area contributed by atoms with E-state index in [1.165, 1.54) is 38.4 Å². The lowest BCUT2D eigenvalue weighted by molar-refractivity contribution is -0.384. The minimum atomic E-state index is -0.987. The predicted molar refractivity (Wildman–Crippen MR) is 71.2 cm³/mol. The molecule has 1 aliphatic rings. The van der Waals surface area contributed by atoms with Crippen molar-refractivity contribution in [2.75, 3.05) is 14.1 Å². The van der Waals surface area contributed by atoms with Crippen molar-refractivity contribution < 1.29 is 19.3 Å². The largest absolute Gasteiger partial charge is 0.332 e. The summed E-state index contributed by atoms with van der Waals surface area (Å²) in [7, 11) is 2.63. The van der Waals surface area contributed by atoms with Gasteiger partial charge in [-0.2, -0.15) is 0 Å². The molecule has 110 valence electrons. The van der Waals surface area contributed by atoms with Crippen LogP contribution < -0.4 is 0 Å². The summed E-state index contributed by atoms with van der Waals surface area (Å²) >= 11 is 0. The standard InChI is InChI=1S/C13H13N3O5/c1-14-11(17)10(12(18)15(2)13(14)19)7-8-3-5-9(6-4-8)16(20)21/h3-6,10H,7H2,1-2H3. The quantitative estimate of drug-likeness (QED) is 0.466. The van der Waals surface area contributed by atoms with E-state index in [-0.39, 0.29) is 12.1 Å². The van der Waals surface area contributed by atoms with Gasteiger partial charge in [-0.15, -0.1) is 0 Å². The molecule has 0 N–H and O–H groups in total. The van der Waals surface area contributed by atoms with E-state index in [2.05, 4.69) is 0 Å². The number of carbonyl (C=O) groups excluding carboxylic acids is 3. The number of hydrogen-bond donors (Lipinski definition) is 0. The van der Waals surface area contributed by atoms with Gasteiger partial charge in [0.25, 0.3) is 5.69 Å². The van der Waals surface area contributed by atoms with Crippen LogP contribution in [0.1, 0.15) is 5.56 Å². The van der Waals surface area contributed by atoms with Crippen LogP contribution in [-0.4, -0.2) is 46.7 Å². The van der Waals surface area contributed by atoms with Gasteiger partial charge < -0.3 is 0 Å². The predicted octanol–water partition coefficient (Wildman–Crippen LogP) is 0.804. The van der Waals surface area contributed by atoms with Crippen molar-refractivity contribution in [3.63, 3.8) is 0 Å². The second-order valence-electron chi connectivity index (χ2n) is 4.76. The summed E-state index contributed by atoms with van der Waals surface area (Å²) in [6.45, 7) is 0. The number of nitrogens with zero attached hydrogens (tertiary/aromatic N) is 3. The van der Waals surface area contributed by atoms with Gasteiger partial charge in [-0.3, -0.25) is 29.5 Å². The third-order valence-electron chi connectivity index (χ3n) is 3.42. The molecule has 0 spiro atoms. The second kappa shape index (κ2) is 5.31. The summed E-state index contributed by atoms with van der Waals surface area (Å²) in [5.74, 6) is -2.12. The van der Waals surface area contributed by atoms with E-state index in [9.17, 15) is 24.5 Å². The maximum atomic E-state index is 12.0. The van der Waals surface area contributed by atoms with Crippen LogP contribution in [0, 0.1) is 16.0 Å². The minimum Gasteiger partial charge on any atom is -0.273 e. The summed E-state index contributed by atoms with van der Waals surface area (Å²) in [4.78, 5) is 47.5. The second-order valence-corrected chi connectivity index (χ2v) is 4.76. The number of urea groups is 1. The van der Waals surface area contributed by atoms with Gasteiger partial charge in [-0.1, -0.05) is 12.1 Å². The average Bonchev–Trinajstić information content (AvgIpc) is 2.48. The molecule has 0 saturated carbocycles. The smallest absolute Gasteiger partial charge is 0.273 e. The Bertz CT molecular complexity index is 601. The number of amides is 4. The molecule has 1 aromatic rings. The number of benzene rings is 1. The first-order valence-electron chi connectivity index (χ1n) is 6.15. The number of carbonyl (C=O) groups is 3. The monoisotopic (exact) mass is 291 g/mol. The van der Waals surface area contributed by atoms with Crippen molar-refractivity contribution in [2.24, 2.45) is 5.92 Å². The highest BCUT2D eigenvalue weighted by molar-refractivity contribution is 6.15. The third-order valence-corrected chi connectivity index (χ3v) is 3.42. The van der Waals surface area contributed by atoms with Crippen molar-refractivity contribution in [3.8, 4) is 0 Å². The highest BCUT2D eigenvalue weighted by Gasteiger charge is 2.42. The summed E-state index contributed by atoms with van der Waals surface area (Å²) in [5, 5.41) is 10.6. The van der Waals surface area contributed by atoms with E-state index in [1.807, 2.05) is 0 Å². The zero-order valence-electron chi connectivity index (χ0n) is 11.5. The number of non-ortho nitro benzene ring substituents is 1. The molecule has 1 saturated heterocycles. The Morgan fingerprint density at radius 2 is 1.52 bits per heavy atom. The normalized spacial score (nSPS) is 16.6. The molecule has 0 aromatic heterocycles. The first-order valence-corrected chi connectivity index (χ1v) is 6.15. The van der Waals surface area contributed by atoms with Crippen molar-refractivity contribution >= 4 is 23.5 Å². The lowest BCUT2D eigenvalue weighted by atomic mass is 9.95. The number of hydrogen-bond acceptors (Lipinski definition) is 5. The highest BCUT2D eigenvalue weighted by atomic mass is 16.6. The van der Waals surface area contributed by atoms with Gasteiger partial charge in [0.1, 0.15) is 5.92 Å². The van der Waals surface area contributed by atoms with Crippen LogP contribution in [-0.2, 0) is 16.0 Å². The van der Waals surface area contributed by atoms with E-state index in [1.54, 1.807) is 0 Å². The maximum Gasteiger partial charge on any atom is 0.332 e. The van der Waals surface area contributed by atoms with Gasteiger partial charge >= 0.3 is 6.03 Å².